The van der Waals surface area contributed by atoms with Crippen molar-refractivity contribution in [3.63, 3.8) is 0 Å². The number of aliphatic hydroxyl groups excluding tert-OH is 1. The van der Waals surface area contributed by atoms with Gasteiger partial charge in [-0.1, -0.05) is 12.1 Å². The third kappa shape index (κ3) is 1.47. The maximum Gasteiger partial charge on any atom is 0.142 e. The van der Waals surface area contributed by atoms with Gasteiger partial charge in [0.2, 0.25) is 0 Å². The smallest absolute Gasteiger partial charge is 0.142 e. The molecule has 1 aromatic rings. The second-order valence-electron chi connectivity index (χ2n) is 3.31. The number of aromatic nitrogens is 1. The van der Waals surface area contributed by atoms with E-state index in [-0.39, 0.29) is 6.61 Å². The number of rotatable bonds is 2. The van der Waals surface area contributed by atoms with Gasteiger partial charge in [0.05, 0.1) is 6.61 Å². The molecule has 0 unspecified atom stereocenters. The van der Waals surface area contributed by atoms with Crippen LogP contribution in [0.3, 0.4) is 0 Å². The van der Waals surface area contributed by atoms with Crippen LogP contribution in [0.15, 0.2) is 4.52 Å². The van der Waals surface area contributed by atoms with Gasteiger partial charge in [-0.05, 0) is 6.54 Å². The SMILES string of the molecule is CCN1CCc2onc(CO)c2C1. The van der Waals surface area contributed by atoms with Crippen LogP contribution in [0.2, 0.25) is 0 Å². The van der Waals surface area contributed by atoms with E-state index in [1.54, 1.807) is 0 Å². The van der Waals surface area contributed by atoms with Crippen LogP contribution in [0.4, 0.5) is 0 Å². The van der Waals surface area contributed by atoms with Gasteiger partial charge in [-0.2, -0.15) is 0 Å². The van der Waals surface area contributed by atoms with E-state index in [1.807, 2.05) is 0 Å². The van der Waals surface area contributed by atoms with Crippen molar-refractivity contribution >= 4 is 0 Å². The largest absolute Gasteiger partial charge is 0.390 e. The van der Waals surface area contributed by atoms with Crippen molar-refractivity contribution in [1.29, 1.82) is 0 Å². The molecule has 0 bridgehead atoms. The summed E-state index contributed by atoms with van der Waals surface area (Å²) in [5, 5.41) is 12.8. The van der Waals surface area contributed by atoms with Gasteiger partial charge in [0.25, 0.3) is 0 Å². The first-order chi connectivity index (χ1) is 6.35. The fourth-order valence-electron chi connectivity index (χ4n) is 1.71. The minimum Gasteiger partial charge on any atom is -0.390 e. The third-order valence-electron chi connectivity index (χ3n) is 2.58. The highest BCUT2D eigenvalue weighted by Gasteiger charge is 2.22. The van der Waals surface area contributed by atoms with Crippen molar-refractivity contribution in [2.75, 3.05) is 13.1 Å². The number of hydrogen-bond acceptors (Lipinski definition) is 4. The summed E-state index contributed by atoms with van der Waals surface area (Å²) < 4.78 is 5.13. The van der Waals surface area contributed by atoms with Crippen LogP contribution in [0.25, 0.3) is 0 Å². The van der Waals surface area contributed by atoms with Crippen LogP contribution < -0.4 is 0 Å². The molecule has 72 valence electrons. The molecule has 1 aromatic heterocycles. The Morgan fingerprint density at radius 2 is 2.46 bits per heavy atom. The summed E-state index contributed by atoms with van der Waals surface area (Å²) in [6.45, 7) is 5.05. The lowest BCUT2D eigenvalue weighted by Crippen LogP contribution is -2.29. The highest BCUT2D eigenvalue weighted by Crippen LogP contribution is 2.21. The zero-order chi connectivity index (χ0) is 9.26. The Morgan fingerprint density at radius 3 is 3.15 bits per heavy atom. The van der Waals surface area contributed by atoms with Crippen molar-refractivity contribution in [2.24, 2.45) is 0 Å². The summed E-state index contributed by atoms with van der Waals surface area (Å²) in [6.07, 6.45) is 0.913. The molecule has 0 saturated carbocycles. The van der Waals surface area contributed by atoms with Crippen molar-refractivity contribution in [3.8, 4) is 0 Å². The maximum absolute atomic E-state index is 9.00. The summed E-state index contributed by atoms with van der Waals surface area (Å²) in [7, 11) is 0. The fourth-order valence-corrected chi connectivity index (χ4v) is 1.71. The first-order valence-corrected chi connectivity index (χ1v) is 4.64. The molecule has 4 nitrogen and oxygen atoms in total. The molecule has 0 saturated heterocycles. The Hall–Kier alpha value is -0.870. The highest BCUT2D eigenvalue weighted by atomic mass is 16.5. The van der Waals surface area contributed by atoms with Gasteiger partial charge in [0, 0.05) is 25.1 Å². The highest BCUT2D eigenvalue weighted by molar-refractivity contribution is 5.24. The van der Waals surface area contributed by atoms with Crippen molar-refractivity contribution in [1.82, 2.24) is 10.1 Å². The molecular formula is C9H14N2O2. The van der Waals surface area contributed by atoms with Gasteiger partial charge in [0.15, 0.2) is 0 Å². The molecule has 1 aliphatic rings. The quantitative estimate of drug-likeness (QED) is 0.725. The molecule has 0 amide bonds. The van der Waals surface area contributed by atoms with Crippen LogP contribution in [0.1, 0.15) is 23.9 Å². The molecule has 2 rings (SSSR count). The molecule has 0 atom stereocenters. The van der Waals surface area contributed by atoms with Crippen LogP contribution >= 0.6 is 0 Å². The standard InChI is InChI=1S/C9H14N2O2/c1-2-11-4-3-9-7(5-11)8(6-12)10-13-9/h12H,2-6H2,1H3. The van der Waals surface area contributed by atoms with Crippen molar-refractivity contribution < 1.29 is 9.63 Å². The lowest BCUT2D eigenvalue weighted by Gasteiger charge is -2.23. The topological polar surface area (TPSA) is 49.5 Å². The molecule has 2 heterocycles. The predicted octanol–water partition coefficient (Wildman–Crippen LogP) is 0.545. The molecule has 0 fully saturated rings. The summed E-state index contributed by atoms with van der Waals surface area (Å²) in [5.74, 6) is 0.953. The van der Waals surface area contributed by atoms with Crippen molar-refractivity contribution in [2.45, 2.75) is 26.5 Å². The van der Waals surface area contributed by atoms with Gasteiger partial charge >= 0.3 is 0 Å². The molecule has 0 radical (unpaired) electrons. The van der Waals surface area contributed by atoms with Crippen LogP contribution in [0, 0.1) is 0 Å². The Kier molecular flexibility index (Phi) is 2.33. The predicted molar refractivity (Wildman–Crippen MR) is 47.1 cm³/mol. The van der Waals surface area contributed by atoms with Crippen LogP contribution in [-0.2, 0) is 19.6 Å². The molecule has 0 spiro atoms. The first kappa shape index (κ1) is 8.72. The van der Waals surface area contributed by atoms with E-state index < -0.39 is 0 Å². The van der Waals surface area contributed by atoms with Crippen molar-refractivity contribution in [3.05, 3.63) is 17.0 Å². The molecule has 0 aromatic carbocycles. The second-order valence-corrected chi connectivity index (χ2v) is 3.31. The van der Waals surface area contributed by atoms with E-state index in [0.29, 0.717) is 5.69 Å². The Balaban J connectivity index is 2.25. The van der Waals surface area contributed by atoms with Gasteiger partial charge in [-0.3, -0.25) is 4.90 Å². The maximum atomic E-state index is 9.00. The zero-order valence-electron chi connectivity index (χ0n) is 7.79. The number of nitrogens with zero attached hydrogens (tertiary/aromatic N) is 2. The lowest BCUT2D eigenvalue weighted by atomic mass is 10.1. The number of likely N-dealkylation sites (N-methyl/N-ethyl adjacent to an activating group) is 1. The van der Waals surface area contributed by atoms with E-state index in [4.69, 9.17) is 9.63 Å². The normalized spacial score (nSPS) is 17.4. The fraction of sp³-hybridized carbons (Fsp3) is 0.667. The van der Waals surface area contributed by atoms with Gasteiger partial charge in [-0.15, -0.1) is 0 Å². The number of hydrogen-bond donors (Lipinski definition) is 1. The summed E-state index contributed by atoms with van der Waals surface area (Å²) in [4.78, 5) is 2.32. The average molecular weight is 182 g/mol. The third-order valence-corrected chi connectivity index (χ3v) is 2.58. The van der Waals surface area contributed by atoms with E-state index in [2.05, 4.69) is 17.0 Å². The van der Waals surface area contributed by atoms with E-state index in [0.717, 1.165) is 37.4 Å². The van der Waals surface area contributed by atoms with E-state index in [9.17, 15) is 0 Å². The lowest BCUT2D eigenvalue weighted by molar-refractivity contribution is 0.247. The summed E-state index contributed by atoms with van der Waals surface area (Å²) in [5.41, 5.74) is 1.80. The minimum absolute atomic E-state index is 0.0175. The van der Waals surface area contributed by atoms with E-state index >= 15 is 0 Å². The summed E-state index contributed by atoms with van der Waals surface area (Å²) in [6, 6.07) is 0. The van der Waals surface area contributed by atoms with Gasteiger partial charge < -0.3 is 9.63 Å². The van der Waals surface area contributed by atoms with Gasteiger partial charge in [0.1, 0.15) is 11.5 Å². The Morgan fingerprint density at radius 1 is 1.62 bits per heavy atom. The molecule has 0 aliphatic carbocycles. The second kappa shape index (κ2) is 3.47. The zero-order valence-corrected chi connectivity index (χ0v) is 7.79. The van der Waals surface area contributed by atoms with Gasteiger partial charge in [-0.25, -0.2) is 0 Å². The minimum atomic E-state index is -0.0175. The Labute approximate surface area is 77.1 Å². The Bertz CT molecular complexity index is 282. The molecule has 13 heavy (non-hydrogen) atoms. The van der Waals surface area contributed by atoms with Crippen LogP contribution in [0.5, 0.6) is 0 Å². The number of aliphatic hydroxyl groups is 1. The molecule has 1 aliphatic heterocycles. The average Bonchev–Trinajstić information content (AvgIpc) is 2.59. The monoisotopic (exact) mass is 182 g/mol. The first-order valence-electron chi connectivity index (χ1n) is 4.64. The molecule has 1 N–H and O–H groups in total. The summed E-state index contributed by atoms with van der Waals surface area (Å²) >= 11 is 0. The van der Waals surface area contributed by atoms with E-state index in [1.165, 1.54) is 0 Å². The number of fused-ring (bicyclic) bond motifs is 1. The van der Waals surface area contributed by atoms with Crippen LogP contribution in [-0.4, -0.2) is 28.3 Å². The molecule has 4 heteroatoms. The molecular weight excluding hydrogens is 168 g/mol.